The molecule has 39 heavy (non-hydrogen) atoms. The van der Waals surface area contributed by atoms with Crippen molar-refractivity contribution in [2.45, 2.75) is 58.2 Å². The fourth-order valence-corrected chi connectivity index (χ4v) is 7.52. The molecule has 10 heteroatoms. The number of fused-ring (bicyclic) bond motifs is 1. The number of aliphatic imine (C=N–C) groups is 1. The van der Waals surface area contributed by atoms with Crippen LogP contribution in [0.1, 0.15) is 68.6 Å². The van der Waals surface area contributed by atoms with E-state index in [4.69, 9.17) is 32.6 Å². The van der Waals surface area contributed by atoms with E-state index >= 15 is 0 Å². The fourth-order valence-electron chi connectivity index (χ4n) is 5.91. The molecule has 2 aromatic carbocycles. The second-order valence-corrected chi connectivity index (χ2v) is 12.5. The summed E-state index contributed by atoms with van der Waals surface area (Å²) in [4.78, 5) is 24.4. The Kier molecular flexibility index (Phi) is 6.76. The normalized spacial score (nSPS) is 24.6. The van der Waals surface area contributed by atoms with Crippen molar-refractivity contribution in [2.75, 3.05) is 6.54 Å². The topological polar surface area (TPSA) is 74.8 Å². The van der Waals surface area contributed by atoms with Crippen molar-refractivity contribution in [1.29, 1.82) is 0 Å². The van der Waals surface area contributed by atoms with Gasteiger partial charge in [0.25, 0.3) is 5.91 Å². The highest BCUT2D eigenvalue weighted by Crippen LogP contribution is 2.56. The number of hydrogen-bond donors (Lipinski definition) is 0. The zero-order valence-corrected chi connectivity index (χ0v) is 24.5. The Bertz CT molecular complexity index is 1480. The molecule has 3 unspecified atom stereocenters. The van der Waals surface area contributed by atoms with E-state index in [1.807, 2.05) is 41.3 Å². The van der Waals surface area contributed by atoms with Gasteiger partial charge >= 0.3 is 0 Å². The molecule has 3 aliphatic rings. The Morgan fingerprint density at radius 1 is 1.08 bits per heavy atom. The molecule has 0 radical (unpaired) electrons. The number of thioether (sulfide) groups is 1. The van der Waals surface area contributed by atoms with Crippen LogP contribution in [0.15, 0.2) is 68.5 Å². The van der Waals surface area contributed by atoms with E-state index in [1.165, 1.54) is 11.8 Å². The summed E-state index contributed by atoms with van der Waals surface area (Å²) >= 11 is 14.0. The van der Waals surface area contributed by atoms with Gasteiger partial charge in [-0.05, 0) is 72.8 Å². The molecule has 4 heterocycles. The minimum absolute atomic E-state index is 0.0118. The van der Waals surface area contributed by atoms with Gasteiger partial charge in [0.1, 0.15) is 16.5 Å². The largest absolute Gasteiger partial charge is 0.423 e. The number of benzene rings is 2. The SMILES string of the molecule is Cc1nnc(C2CCCN2C(=O)C2=C(C(C)C)N3C(=NC(C)(c4ccc(Cl)cc4)C3c3ccc(Cl)cc3)S2)o1. The molecule has 0 aliphatic carbocycles. The molecule has 0 saturated carbocycles. The van der Waals surface area contributed by atoms with Crippen molar-refractivity contribution in [3.8, 4) is 0 Å². The molecule has 0 N–H and O–H groups in total. The van der Waals surface area contributed by atoms with Gasteiger partial charge in [0.2, 0.25) is 11.8 Å². The lowest BCUT2D eigenvalue weighted by Crippen LogP contribution is -2.37. The average Bonchev–Trinajstić information content (AvgIpc) is 3.67. The van der Waals surface area contributed by atoms with E-state index in [9.17, 15) is 4.79 Å². The van der Waals surface area contributed by atoms with Gasteiger partial charge in [0.05, 0.1) is 6.04 Å². The van der Waals surface area contributed by atoms with Crippen molar-refractivity contribution in [1.82, 2.24) is 20.0 Å². The number of nitrogens with zero attached hydrogens (tertiary/aromatic N) is 5. The highest BCUT2D eigenvalue weighted by Gasteiger charge is 2.53. The molecular formula is C29H29Cl2N5O2S. The molecule has 1 amide bonds. The third-order valence-corrected chi connectivity index (χ3v) is 9.27. The molecule has 1 aromatic heterocycles. The molecule has 3 atom stereocenters. The molecule has 1 fully saturated rings. The van der Waals surface area contributed by atoms with Gasteiger partial charge in [-0.1, -0.05) is 61.3 Å². The minimum atomic E-state index is -0.604. The Balaban J connectivity index is 1.44. The van der Waals surface area contributed by atoms with Gasteiger partial charge in [-0.25, -0.2) is 4.99 Å². The number of aryl methyl sites for hydroxylation is 1. The van der Waals surface area contributed by atoms with Crippen molar-refractivity contribution in [3.05, 3.63) is 92.1 Å². The molecular weight excluding hydrogens is 553 g/mol. The van der Waals surface area contributed by atoms with Crippen LogP contribution in [-0.4, -0.2) is 37.6 Å². The number of aromatic nitrogens is 2. The van der Waals surface area contributed by atoms with Crippen LogP contribution in [0.4, 0.5) is 0 Å². The predicted octanol–water partition coefficient (Wildman–Crippen LogP) is 7.29. The smallest absolute Gasteiger partial charge is 0.263 e. The van der Waals surface area contributed by atoms with Crippen molar-refractivity contribution >= 4 is 46.0 Å². The fraction of sp³-hybridized carbons (Fsp3) is 0.379. The Morgan fingerprint density at radius 3 is 2.36 bits per heavy atom. The number of likely N-dealkylation sites (tertiary alicyclic amines) is 1. The van der Waals surface area contributed by atoms with Crippen LogP contribution in [0.25, 0.3) is 0 Å². The third kappa shape index (κ3) is 4.46. The lowest BCUT2D eigenvalue weighted by atomic mass is 9.81. The van der Waals surface area contributed by atoms with E-state index in [2.05, 4.69) is 48.0 Å². The number of rotatable bonds is 5. The lowest BCUT2D eigenvalue weighted by molar-refractivity contribution is -0.127. The predicted molar refractivity (Wildman–Crippen MR) is 154 cm³/mol. The standard InChI is InChI=1S/C29H29Cl2N5O2S/c1-16(2)23-24(27(37)35-15-5-6-22(35)26-34-33-17(3)38-26)39-28-32-29(4,19-9-13-21(31)14-10-19)25(36(23)28)18-7-11-20(30)12-8-18/h7-14,16,22,25H,5-6,15H2,1-4H3. The molecule has 6 rings (SSSR count). The molecule has 0 bridgehead atoms. The number of amidine groups is 1. The van der Waals surface area contributed by atoms with Crippen LogP contribution in [-0.2, 0) is 10.3 Å². The maximum absolute atomic E-state index is 14.2. The second-order valence-electron chi connectivity index (χ2n) is 10.7. The maximum atomic E-state index is 14.2. The van der Waals surface area contributed by atoms with Crippen molar-refractivity contribution in [3.63, 3.8) is 0 Å². The van der Waals surface area contributed by atoms with Crippen molar-refractivity contribution < 1.29 is 9.21 Å². The van der Waals surface area contributed by atoms with E-state index in [1.54, 1.807) is 6.92 Å². The number of carbonyl (C=O) groups excluding carboxylic acids is 1. The summed E-state index contributed by atoms with van der Waals surface area (Å²) < 4.78 is 5.74. The molecule has 1 saturated heterocycles. The monoisotopic (exact) mass is 581 g/mol. The van der Waals surface area contributed by atoms with Gasteiger partial charge < -0.3 is 14.2 Å². The molecule has 0 spiro atoms. The van der Waals surface area contributed by atoms with Gasteiger partial charge in [-0.15, -0.1) is 10.2 Å². The maximum Gasteiger partial charge on any atom is 0.263 e. The van der Waals surface area contributed by atoms with E-state index < -0.39 is 5.54 Å². The summed E-state index contributed by atoms with van der Waals surface area (Å²) in [5.74, 6) is 1.07. The van der Waals surface area contributed by atoms with Crippen LogP contribution >= 0.6 is 35.0 Å². The summed E-state index contributed by atoms with van der Waals surface area (Å²) in [6.07, 6.45) is 1.69. The van der Waals surface area contributed by atoms with Gasteiger partial charge in [-0.2, -0.15) is 0 Å². The van der Waals surface area contributed by atoms with Gasteiger partial charge in [0.15, 0.2) is 5.17 Å². The first kappa shape index (κ1) is 26.4. The van der Waals surface area contributed by atoms with Gasteiger partial charge in [-0.3, -0.25) is 4.79 Å². The second kappa shape index (κ2) is 9.98. The summed E-state index contributed by atoms with van der Waals surface area (Å²) in [6.45, 7) is 8.83. The molecule has 7 nitrogen and oxygen atoms in total. The van der Waals surface area contributed by atoms with E-state index in [0.717, 1.165) is 34.8 Å². The zero-order chi connectivity index (χ0) is 27.5. The molecule has 3 aliphatic heterocycles. The first-order valence-corrected chi connectivity index (χ1v) is 14.7. The number of amides is 1. The van der Waals surface area contributed by atoms with Crippen LogP contribution in [0, 0.1) is 12.8 Å². The van der Waals surface area contributed by atoms with Gasteiger partial charge in [0, 0.05) is 29.2 Å². The number of carbonyl (C=O) groups is 1. The van der Waals surface area contributed by atoms with Crippen molar-refractivity contribution in [2.24, 2.45) is 10.9 Å². The summed E-state index contributed by atoms with van der Waals surface area (Å²) in [5, 5.41) is 10.4. The van der Waals surface area contributed by atoms with E-state index in [-0.39, 0.29) is 23.9 Å². The Morgan fingerprint density at radius 2 is 1.74 bits per heavy atom. The quantitative estimate of drug-likeness (QED) is 0.315. The number of hydrogen-bond acceptors (Lipinski definition) is 7. The highest BCUT2D eigenvalue weighted by atomic mass is 35.5. The molecule has 3 aromatic rings. The van der Waals surface area contributed by atoms with Crippen LogP contribution in [0.5, 0.6) is 0 Å². The molecule has 202 valence electrons. The first-order valence-electron chi connectivity index (χ1n) is 13.1. The Labute approximate surface area is 242 Å². The highest BCUT2D eigenvalue weighted by molar-refractivity contribution is 8.18. The summed E-state index contributed by atoms with van der Waals surface area (Å²) in [6, 6.07) is 15.4. The average molecular weight is 583 g/mol. The first-order chi connectivity index (χ1) is 18.7. The third-order valence-electron chi connectivity index (χ3n) is 7.71. The van der Waals surface area contributed by atoms with E-state index in [0.29, 0.717) is 33.3 Å². The number of halogens is 2. The lowest BCUT2D eigenvalue weighted by Gasteiger charge is -2.37. The van der Waals surface area contributed by atoms with Crippen LogP contribution in [0.3, 0.4) is 0 Å². The van der Waals surface area contributed by atoms with Crippen LogP contribution < -0.4 is 0 Å². The van der Waals surface area contributed by atoms with Crippen LogP contribution in [0.2, 0.25) is 10.0 Å². The zero-order valence-electron chi connectivity index (χ0n) is 22.2. The Hall–Kier alpha value is -2.81. The number of allylic oxidation sites excluding steroid dienone is 1. The minimum Gasteiger partial charge on any atom is -0.423 e. The summed E-state index contributed by atoms with van der Waals surface area (Å²) in [7, 11) is 0. The summed E-state index contributed by atoms with van der Waals surface area (Å²) in [5.41, 5.74) is 2.50.